The van der Waals surface area contributed by atoms with Crippen LogP contribution in [0, 0.1) is 0 Å². The summed E-state index contributed by atoms with van der Waals surface area (Å²) in [6, 6.07) is 6.58. The van der Waals surface area contributed by atoms with Gasteiger partial charge in [0.2, 0.25) is 5.91 Å². The van der Waals surface area contributed by atoms with Crippen LogP contribution in [-0.2, 0) is 20.8 Å². The third kappa shape index (κ3) is 9.63. The van der Waals surface area contributed by atoms with E-state index in [0.717, 1.165) is 31.0 Å². The van der Waals surface area contributed by atoms with Gasteiger partial charge in [-0.15, -0.1) is 0 Å². The molecule has 0 radical (unpaired) electrons. The Labute approximate surface area is 228 Å². The number of carbonyl (C=O) groups excluding carboxylic acids is 2. The van der Waals surface area contributed by atoms with Crippen LogP contribution in [0.2, 0.25) is 0 Å². The molecule has 14 heteroatoms. The number of hydrogen-bond donors (Lipinski definition) is 7. The van der Waals surface area contributed by atoms with Gasteiger partial charge in [-0.05, 0) is 42.3 Å². The lowest BCUT2D eigenvalue weighted by Gasteiger charge is -2.20. The summed E-state index contributed by atoms with van der Waals surface area (Å²) < 4.78 is 4.96. The Balaban J connectivity index is 2.20. The molecule has 7 N–H and O–H groups in total. The summed E-state index contributed by atoms with van der Waals surface area (Å²) in [6.45, 7) is 2.35. The number of anilines is 1. The summed E-state index contributed by atoms with van der Waals surface area (Å²) in [5.74, 6) is -6.74. The van der Waals surface area contributed by atoms with Crippen LogP contribution in [0.4, 0.5) is 10.5 Å². The van der Waals surface area contributed by atoms with Crippen molar-refractivity contribution in [3.63, 3.8) is 0 Å². The Bertz CT molecular complexity index is 1210. The maximum Gasteiger partial charge on any atom is 0.356 e. The van der Waals surface area contributed by atoms with E-state index >= 15 is 0 Å². The van der Waals surface area contributed by atoms with E-state index in [-0.39, 0.29) is 29.0 Å². The fourth-order valence-corrected chi connectivity index (χ4v) is 3.47. The van der Waals surface area contributed by atoms with E-state index in [2.05, 4.69) is 16.0 Å². The van der Waals surface area contributed by atoms with Crippen LogP contribution in [0.15, 0.2) is 42.5 Å². The van der Waals surface area contributed by atoms with Crippen molar-refractivity contribution < 1.29 is 53.9 Å². The van der Waals surface area contributed by atoms with E-state index in [9.17, 15) is 39.0 Å². The normalized spacial score (nSPS) is 11.2. The number of rotatable bonds is 15. The van der Waals surface area contributed by atoms with Crippen LogP contribution in [0.1, 0.15) is 52.5 Å². The number of carboxylic acid groups (broad SMARTS) is 4. The Kier molecular flexibility index (Phi) is 11.4. The summed E-state index contributed by atoms with van der Waals surface area (Å²) in [7, 11) is 0. The molecule has 40 heavy (non-hydrogen) atoms. The molecule has 2 aromatic carbocycles. The highest BCUT2D eigenvalue weighted by Crippen LogP contribution is 2.17. The quantitative estimate of drug-likeness (QED) is 0.123. The first-order chi connectivity index (χ1) is 18.9. The topological polar surface area (TPSA) is 229 Å². The Morgan fingerprint density at radius 3 is 1.90 bits per heavy atom. The van der Waals surface area contributed by atoms with Gasteiger partial charge in [-0.1, -0.05) is 31.9 Å². The zero-order valence-electron chi connectivity index (χ0n) is 21.4. The standard InChI is InChI=1S/C26H29N3O11/c1-2-3-4-9-27-21(30)19(10-14-5-7-18(8-6-14)40-20(24(35)36)25(37)38)29-26(39)28-17-12-15(22(31)32)11-16(13-17)23(33)34/h5-8,11-13,19-20H,2-4,9-10H2,1H3,(H,27,30)(H,31,32)(H,33,34)(H,35,36)(H,37,38)(H2,28,29,39)/t19-/m0/s1. The fourth-order valence-electron chi connectivity index (χ4n) is 3.47. The summed E-state index contributed by atoms with van der Waals surface area (Å²) in [6.07, 6.45) is 0.358. The van der Waals surface area contributed by atoms with Gasteiger partial charge in [-0.25, -0.2) is 24.0 Å². The van der Waals surface area contributed by atoms with E-state index in [4.69, 9.17) is 14.9 Å². The number of aliphatic carboxylic acids is 2. The van der Waals surface area contributed by atoms with Crippen LogP contribution < -0.4 is 20.7 Å². The van der Waals surface area contributed by atoms with Gasteiger partial charge in [0.05, 0.1) is 11.1 Å². The van der Waals surface area contributed by atoms with Crippen LogP contribution in [-0.4, -0.2) is 74.9 Å². The molecule has 0 aliphatic rings. The van der Waals surface area contributed by atoms with E-state index in [1.807, 2.05) is 6.92 Å². The molecule has 0 unspecified atom stereocenters. The first kappa shape index (κ1) is 31.1. The molecule has 14 nitrogen and oxygen atoms in total. The Morgan fingerprint density at radius 1 is 0.825 bits per heavy atom. The minimum absolute atomic E-state index is 0.0376. The van der Waals surface area contributed by atoms with Crippen molar-refractivity contribution in [3.8, 4) is 5.75 Å². The molecule has 0 saturated carbocycles. The zero-order chi connectivity index (χ0) is 29.8. The number of hydrogen-bond acceptors (Lipinski definition) is 7. The van der Waals surface area contributed by atoms with Crippen LogP contribution >= 0.6 is 0 Å². The molecule has 214 valence electrons. The van der Waals surface area contributed by atoms with Crippen molar-refractivity contribution in [3.05, 3.63) is 59.2 Å². The van der Waals surface area contributed by atoms with Crippen LogP contribution in [0.3, 0.4) is 0 Å². The molecule has 1 atom stereocenters. The van der Waals surface area contributed by atoms with Crippen LogP contribution in [0.25, 0.3) is 0 Å². The molecule has 0 bridgehead atoms. The number of carboxylic acids is 4. The maximum atomic E-state index is 12.9. The van der Waals surface area contributed by atoms with E-state index in [0.29, 0.717) is 18.5 Å². The molecular weight excluding hydrogens is 530 g/mol. The van der Waals surface area contributed by atoms with Gasteiger partial charge >= 0.3 is 29.9 Å². The van der Waals surface area contributed by atoms with Crippen molar-refractivity contribution in [1.29, 1.82) is 0 Å². The number of carbonyl (C=O) groups is 6. The number of amides is 3. The average molecular weight is 560 g/mol. The third-order valence-electron chi connectivity index (χ3n) is 5.45. The highest BCUT2D eigenvalue weighted by atomic mass is 16.5. The highest BCUT2D eigenvalue weighted by molar-refractivity contribution is 5.99. The Morgan fingerprint density at radius 2 is 1.40 bits per heavy atom. The molecule has 0 saturated heterocycles. The average Bonchev–Trinajstić information content (AvgIpc) is 2.89. The van der Waals surface area contributed by atoms with E-state index in [1.165, 1.54) is 24.3 Å². The van der Waals surface area contributed by atoms with Gasteiger partial charge in [-0.3, -0.25) is 4.79 Å². The molecule has 0 heterocycles. The lowest BCUT2D eigenvalue weighted by atomic mass is 10.0. The van der Waals surface area contributed by atoms with E-state index < -0.39 is 48.0 Å². The van der Waals surface area contributed by atoms with Crippen molar-refractivity contribution in [2.75, 3.05) is 11.9 Å². The van der Waals surface area contributed by atoms with Gasteiger partial charge in [0.15, 0.2) is 0 Å². The number of aromatic carboxylic acids is 2. The van der Waals surface area contributed by atoms with Crippen molar-refractivity contribution >= 4 is 41.5 Å². The largest absolute Gasteiger partial charge is 0.478 e. The van der Waals surface area contributed by atoms with Gasteiger partial charge in [-0.2, -0.15) is 0 Å². The lowest BCUT2D eigenvalue weighted by molar-refractivity contribution is -0.159. The second-order valence-corrected chi connectivity index (χ2v) is 8.58. The van der Waals surface area contributed by atoms with Crippen molar-refractivity contribution in [1.82, 2.24) is 10.6 Å². The molecule has 0 aromatic heterocycles. The molecule has 0 aliphatic carbocycles. The monoisotopic (exact) mass is 559 g/mol. The zero-order valence-corrected chi connectivity index (χ0v) is 21.4. The predicted octanol–water partition coefficient (Wildman–Crippen LogP) is 2.04. The molecule has 0 fully saturated rings. The molecular formula is C26H29N3O11. The SMILES string of the molecule is CCCCCNC(=O)[C@H](Cc1ccc(OC(C(=O)O)C(=O)O)cc1)NC(=O)Nc1cc(C(=O)O)cc(C(=O)O)c1. The maximum absolute atomic E-state index is 12.9. The van der Waals surface area contributed by atoms with Crippen LogP contribution in [0.5, 0.6) is 5.75 Å². The number of nitrogens with one attached hydrogen (secondary N) is 3. The highest BCUT2D eigenvalue weighted by Gasteiger charge is 2.28. The first-order valence-corrected chi connectivity index (χ1v) is 12.1. The molecule has 0 spiro atoms. The van der Waals surface area contributed by atoms with Gasteiger partial charge in [0.1, 0.15) is 11.8 Å². The summed E-state index contributed by atoms with van der Waals surface area (Å²) >= 11 is 0. The number of ether oxygens (including phenoxy) is 1. The first-order valence-electron chi connectivity index (χ1n) is 12.1. The Hall–Kier alpha value is -5.14. The summed E-state index contributed by atoms with van der Waals surface area (Å²) in [4.78, 5) is 70.4. The number of unbranched alkanes of at least 4 members (excludes halogenated alkanes) is 2. The number of urea groups is 1. The smallest absolute Gasteiger partial charge is 0.356 e. The lowest BCUT2D eigenvalue weighted by Crippen LogP contribution is -2.49. The molecule has 0 aliphatic heterocycles. The predicted molar refractivity (Wildman–Crippen MR) is 139 cm³/mol. The van der Waals surface area contributed by atoms with Gasteiger partial charge in [0, 0.05) is 18.7 Å². The third-order valence-corrected chi connectivity index (χ3v) is 5.45. The second-order valence-electron chi connectivity index (χ2n) is 8.58. The summed E-state index contributed by atoms with van der Waals surface area (Å²) in [5.41, 5.74) is -0.346. The number of benzene rings is 2. The van der Waals surface area contributed by atoms with Crippen molar-refractivity contribution in [2.24, 2.45) is 0 Å². The fraction of sp³-hybridized carbons (Fsp3) is 0.308. The van der Waals surface area contributed by atoms with Gasteiger partial charge < -0.3 is 41.1 Å². The van der Waals surface area contributed by atoms with Crippen molar-refractivity contribution in [2.45, 2.75) is 44.8 Å². The molecule has 3 amide bonds. The minimum atomic E-state index is -2.11. The molecule has 2 rings (SSSR count). The molecule has 2 aromatic rings. The summed E-state index contributed by atoms with van der Waals surface area (Å²) in [5, 5.41) is 43.9. The minimum Gasteiger partial charge on any atom is -0.478 e. The van der Waals surface area contributed by atoms with Gasteiger partial charge in [0.25, 0.3) is 6.10 Å². The second kappa shape index (κ2) is 14.7. The van der Waals surface area contributed by atoms with E-state index in [1.54, 1.807) is 0 Å².